The molecular formula is C40H52ClN3O7. The number of halogens is 1. The molecule has 276 valence electrons. The van der Waals surface area contributed by atoms with Gasteiger partial charge in [-0.15, -0.1) is 0 Å². The van der Waals surface area contributed by atoms with Crippen molar-refractivity contribution in [2.45, 2.75) is 75.0 Å². The number of morpholine rings is 1. The molecule has 10 nitrogen and oxygen atoms in total. The molecule has 3 aliphatic heterocycles. The molecule has 1 amide bonds. The first kappa shape index (κ1) is 36.2. The van der Waals surface area contributed by atoms with E-state index < -0.39 is 23.9 Å². The molecular weight excluding hydrogens is 670 g/mol. The van der Waals surface area contributed by atoms with Gasteiger partial charge in [-0.2, -0.15) is 0 Å². The Bertz CT molecular complexity index is 1640. The Morgan fingerprint density at radius 2 is 2.02 bits per heavy atom. The number of ether oxygens (including phenoxy) is 3. The van der Waals surface area contributed by atoms with E-state index in [1.165, 1.54) is 16.0 Å². The Morgan fingerprint density at radius 1 is 1.16 bits per heavy atom. The molecule has 1 saturated heterocycles. The average Bonchev–Trinajstić information content (AvgIpc) is 3.25. The van der Waals surface area contributed by atoms with Gasteiger partial charge in [-0.3, -0.25) is 9.69 Å². The number of aryl methyl sites for hydroxylation is 1. The Balaban J connectivity index is 1.24. The van der Waals surface area contributed by atoms with Gasteiger partial charge in [0.1, 0.15) is 5.75 Å². The van der Waals surface area contributed by atoms with Gasteiger partial charge in [-0.05, 0) is 98.2 Å². The number of carbonyl (C=O) groups is 2. The van der Waals surface area contributed by atoms with Crippen molar-refractivity contribution in [1.82, 2.24) is 9.80 Å². The minimum atomic E-state index is -2.40. The van der Waals surface area contributed by atoms with Crippen LogP contribution in [-0.4, -0.2) is 110 Å². The van der Waals surface area contributed by atoms with E-state index in [1.54, 1.807) is 25.2 Å². The summed E-state index contributed by atoms with van der Waals surface area (Å²) in [5.41, 5.74) is 0.720. The van der Waals surface area contributed by atoms with Crippen LogP contribution in [0.2, 0.25) is 5.02 Å². The number of rotatable bonds is 5. The fourth-order valence-electron chi connectivity index (χ4n) is 8.91. The summed E-state index contributed by atoms with van der Waals surface area (Å²) in [4.78, 5) is 32.4. The Kier molecular flexibility index (Phi) is 10.7. The smallest absolute Gasteiger partial charge is 0.340 e. The normalized spacial score (nSPS) is 32.3. The molecule has 2 bridgehead atoms. The van der Waals surface area contributed by atoms with Crippen molar-refractivity contribution in [3.63, 3.8) is 0 Å². The van der Waals surface area contributed by atoms with E-state index in [0.717, 1.165) is 75.7 Å². The Labute approximate surface area is 306 Å². The molecule has 7 rings (SSSR count). The summed E-state index contributed by atoms with van der Waals surface area (Å²) in [6, 6.07) is 11.7. The second-order valence-electron chi connectivity index (χ2n) is 15.5. The van der Waals surface area contributed by atoms with Gasteiger partial charge >= 0.3 is 5.97 Å². The summed E-state index contributed by atoms with van der Waals surface area (Å²) in [7, 11) is 1.66. The monoisotopic (exact) mass is 721 g/mol. The highest BCUT2D eigenvalue weighted by Gasteiger charge is 2.46. The molecule has 2 N–H and O–H groups in total. The first-order valence-electron chi connectivity index (χ1n) is 18.7. The molecule has 3 heterocycles. The van der Waals surface area contributed by atoms with Gasteiger partial charge in [-0.25, -0.2) is 4.79 Å². The first-order chi connectivity index (χ1) is 24.6. The van der Waals surface area contributed by atoms with Crippen molar-refractivity contribution in [1.29, 1.82) is 0 Å². The van der Waals surface area contributed by atoms with Crippen molar-refractivity contribution in [2.24, 2.45) is 11.8 Å². The quantitative estimate of drug-likeness (QED) is 0.411. The molecule has 2 aromatic rings. The van der Waals surface area contributed by atoms with Crippen LogP contribution >= 0.6 is 11.6 Å². The zero-order valence-corrected chi connectivity index (χ0v) is 30.7. The largest absolute Gasteiger partial charge is 0.490 e. The third-order valence-electron chi connectivity index (χ3n) is 12.2. The number of benzene rings is 2. The van der Waals surface area contributed by atoms with Crippen LogP contribution in [-0.2, 0) is 36.5 Å². The molecule has 6 atom stereocenters. The van der Waals surface area contributed by atoms with Gasteiger partial charge < -0.3 is 34.2 Å². The molecule has 2 fully saturated rings. The van der Waals surface area contributed by atoms with Crippen LogP contribution in [0.4, 0.5) is 5.69 Å². The van der Waals surface area contributed by atoms with Gasteiger partial charge in [0.2, 0.25) is 5.91 Å². The molecule has 5 aliphatic rings. The van der Waals surface area contributed by atoms with E-state index in [-0.39, 0.29) is 17.1 Å². The van der Waals surface area contributed by atoms with Crippen LogP contribution in [0.1, 0.15) is 62.1 Å². The SMILES string of the molecule is C[C@H]1COCCN1CCO[C@H]1/C=C\CCN(C)C(=O)C[C@](O)(C(=O)O)c2ccc3c(c2)N(C[C@@H]2CC[C@H]21)C[C@@]1(CCCc2cc(Cl)ccc21)CO3. The highest BCUT2D eigenvalue weighted by atomic mass is 35.5. The van der Waals surface area contributed by atoms with Crippen molar-refractivity contribution in [2.75, 3.05) is 71.1 Å². The number of anilines is 1. The van der Waals surface area contributed by atoms with Gasteiger partial charge in [0, 0.05) is 56.3 Å². The van der Waals surface area contributed by atoms with Crippen molar-refractivity contribution >= 4 is 29.2 Å². The minimum Gasteiger partial charge on any atom is -0.490 e. The van der Waals surface area contributed by atoms with Crippen LogP contribution in [0, 0.1) is 11.8 Å². The van der Waals surface area contributed by atoms with E-state index in [2.05, 4.69) is 41.0 Å². The van der Waals surface area contributed by atoms with Crippen LogP contribution in [0.3, 0.4) is 0 Å². The Hall–Kier alpha value is -3.15. The predicted octanol–water partition coefficient (Wildman–Crippen LogP) is 5.03. The van der Waals surface area contributed by atoms with Crippen LogP contribution in [0.5, 0.6) is 5.75 Å². The second-order valence-corrected chi connectivity index (χ2v) is 15.9. The summed E-state index contributed by atoms with van der Waals surface area (Å²) in [6.07, 6.45) is 9.25. The number of nitrogens with zero attached hydrogens (tertiary/aromatic N) is 3. The molecule has 1 spiro atoms. The number of hydrogen-bond acceptors (Lipinski definition) is 8. The van der Waals surface area contributed by atoms with Crippen LogP contribution in [0.25, 0.3) is 0 Å². The maximum atomic E-state index is 13.4. The third kappa shape index (κ3) is 7.40. The molecule has 51 heavy (non-hydrogen) atoms. The average molecular weight is 722 g/mol. The fourth-order valence-corrected chi connectivity index (χ4v) is 9.10. The fraction of sp³-hybridized carbons (Fsp3) is 0.600. The van der Waals surface area contributed by atoms with E-state index in [4.69, 9.17) is 25.8 Å². The molecule has 0 radical (unpaired) electrons. The van der Waals surface area contributed by atoms with Crippen LogP contribution < -0.4 is 9.64 Å². The van der Waals surface area contributed by atoms with Gasteiger partial charge in [0.25, 0.3) is 0 Å². The molecule has 1 saturated carbocycles. The number of amides is 1. The molecule has 2 aromatic carbocycles. The third-order valence-corrected chi connectivity index (χ3v) is 12.4. The number of hydrogen-bond donors (Lipinski definition) is 2. The lowest BCUT2D eigenvalue weighted by atomic mass is 9.68. The van der Waals surface area contributed by atoms with Crippen molar-refractivity contribution in [3.05, 3.63) is 70.3 Å². The van der Waals surface area contributed by atoms with Crippen LogP contribution in [0.15, 0.2) is 48.6 Å². The van der Waals surface area contributed by atoms with Gasteiger partial charge in [0.05, 0.1) is 44.6 Å². The summed E-state index contributed by atoms with van der Waals surface area (Å²) in [5.74, 6) is -0.608. The molecule has 11 heteroatoms. The number of carbonyl (C=O) groups excluding carboxylic acids is 1. The van der Waals surface area contributed by atoms with Gasteiger partial charge in [0.15, 0.2) is 5.60 Å². The van der Waals surface area contributed by atoms with E-state index in [9.17, 15) is 19.8 Å². The predicted molar refractivity (Wildman–Crippen MR) is 196 cm³/mol. The number of fused-ring (bicyclic) bond motifs is 4. The summed E-state index contributed by atoms with van der Waals surface area (Å²) >= 11 is 6.47. The number of carboxylic acids is 1. The van der Waals surface area contributed by atoms with E-state index in [0.29, 0.717) is 56.4 Å². The van der Waals surface area contributed by atoms with E-state index in [1.807, 2.05) is 6.07 Å². The van der Waals surface area contributed by atoms with E-state index >= 15 is 0 Å². The van der Waals surface area contributed by atoms with Crippen molar-refractivity contribution < 1.29 is 34.0 Å². The van der Waals surface area contributed by atoms with Crippen molar-refractivity contribution in [3.8, 4) is 5.75 Å². The summed E-state index contributed by atoms with van der Waals surface area (Å²) in [6.45, 7) is 8.34. The first-order valence-corrected chi connectivity index (χ1v) is 19.1. The number of aliphatic hydroxyl groups is 1. The standard InChI is InChI=1S/C40H52ClN3O7/c1-27-24-49-18-16-43(27)17-19-50-35-7-3-4-15-42(2)37(45)22-40(48,38(46)47)30-9-13-36-34(21-30)44(23-29-8-11-32(29)35)25-39(26-51-36)14-5-6-28-20-31(41)10-12-33(28)39/h3,7,9-10,12-13,20-21,27,29,32,35,48H,4-6,8,11,14-19,22-26H2,1-2H3,(H,46,47)/b7-3-/t27-,29-,32+,35-,39-,40+/m0/s1. The molecule has 0 aromatic heterocycles. The lowest BCUT2D eigenvalue weighted by molar-refractivity contribution is -0.164. The van der Waals surface area contributed by atoms with Gasteiger partial charge in [-0.1, -0.05) is 35.9 Å². The summed E-state index contributed by atoms with van der Waals surface area (Å²) in [5, 5.41) is 22.8. The maximum absolute atomic E-state index is 13.4. The molecule has 0 unspecified atom stereocenters. The number of aliphatic carboxylic acids is 1. The second kappa shape index (κ2) is 15.1. The highest BCUT2D eigenvalue weighted by molar-refractivity contribution is 6.30. The Morgan fingerprint density at radius 3 is 2.80 bits per heavy atom. The number of carboxylic acid groups (broad SMARTS) is 1. The lowest BCUT2D eigenvalue weighted by Crippen LogP contribution is -2.50. The topological polar surface area (TPSA) is 112 Å². The minimum absolute atomic E-state index is 0.0633. The summed E-state index contributed by atoms with van der Waals surface area (Å²) < 4.78 is 19.0. The lowest BCUT2D eigenvalue weighted by Gasteiger charge is -2.46. The zero-order valence-electron chi connectivity index (χ0n) is 29.9. The zero-order chi connectivity index (χ0) is 35.8. The highest BCUT2D eigenvalue weighted by Crippen LogP contribution is 2.48. The molecule has 2 aliphatic carbocycles. The maximum Gasteiger partial charge on any atom is 0.340 e.